The van der Waals surface area contributed by atoms with Crippen LogP contribution in [0.5, 0.6) is 5.88 Å². The predicted octanol–water partition coefficient (Wildman–Crippen LogP) is 0.968. The topological polar surface area (TPSA) is 111 Å². The third kappa shape index (κ3) is 4.33. The van der Waals surface area contributed by atoms with Gasteiger partial charge in [0.1, 0.15) is 5.56 Å². The number of carbonyl (C=O) groups excluding carboxylic acids is 1. The molecule has 2 N–H and O–H groups in total. The first-order valence-corrected chi connectivity index (χ1v) is 10.5. The average Bonchev–Trinajstić information content (AvgIpc) is 2.78. The number of aromatic nitrogens is 2. The highest BCUT2D eigenvalue weighted by molar-refractivity contribution is 5.91. The molecule has 9 heteroatoms. The van der Waals surface area contributed by atoms with Crippen LogP contribution in [0.3, 0.4) is 0 Å². The summed E-state index contributed by atoms with van der Waals surface area (Å²) in [4.78, 5) is 46.9. The van der Waals surface area contributed by atoms with Gasteiger partial charge in [-0.3, -0.25) is 24.5 Å². The predicted molar refractivity (Wildman–Crippen MR) is 123 cm³/mol. The van der Waals surface area contributed by atoms with Crippen LogP contribution in [0.2, 0.25) is 0 Å². The fraction of sp³-hybridized carbons (Fsp3) is 0.304. The lowest BCUT2D eigenvalue weighted by Crippen LogP contribution is -2.48. The Bertz CT molecular complexity index is 1280. The van der Waals surface area contributed by atoms with Crippen LogP contribution in [-0.2, 0) is 4.79 Å². The number of nitrogens with one attached hydrogen (secondary N) is 1. The van der Waals surface area contributed by atoms with Gasteiger partial charge in [0.2, 0.25) is 11.8 Å². The van der Waals surface area contributed by atoms with Gasteiger partial charge >= 0.3 is 5.69 Å². The number of piperazine rings is 1. The number of fused-ring (bicyclic) bond motifs is 1. The molecule has 2 aromatic carbocycles. The molecule has 166 valence electrons. The number of H-pyrrole nitrogens is 1. The zero-order chi connectivity index (χ0) is 22.7. The molecule has 0 unspecified atom stereocenters. The minimum absolute atomic E-state index is 0.0704. The minimum atomic E-state index is -0.718. The number of hydrogen-bond acceptors (Lipinski definition) is 6. The van der Waals surface area contributed by atoms with Crippen molar-refractivity contribution in [3.05, 3.63) is 68.9 Å². The zero-order valence-corrected chi connectivity index (χ0v) is 17.8. The smallest absolute Gasteiger partial charge is 0.335 e. The van der Waals surface area contributed by atoms with E-state index in [1.807, 2.05) is 35.2 Å². The van der Waals surface area contributed by atoms with E-state index in [1.54, 1.807) is 19.1 Å². The van der Waals surface area contributed by atoms with Crippen LogP contribution in [-0.4, -0.2) is 75.8 Å². The van der Waals surface area contributed by atoms with E-state index in [-0.39, 0.29) is 11.5 Å². The Morgan fingerprint density at radius 1 is 1.09 bits per heavy atom. The van der Waals surface area contributed by atoms with Gasteiger partial charge < -0.3 is 10.0 Å². The molecule has 0 spiro atoms. The number of benzene rings is 2. The van der Waals surface area contributed by atoms with Gasteiger partial charge in [0.25, 0.3) is 5.56 Å². The molecule has 0 bridgehead atoms. The highest BCUT2D eigenvalue weighted by atomic mass is 16.3. The third-order valence-electron chi connectivity index (χ3n) is 5.71. The van der Waals surface area contributed by atoms with Gasteiger partial charge in [0.05, 0.1) is 12.2 Å². The number of aromatic hydroxyl groups is 1. The van der Waals surface area contributed by atoms with Crippen LogP contribution in [0.4, 0.5) is 0 Å². The zero-order valence-electron chi connectivity index (χ0n) is 17.8. The summed E-state index contributed by atoms with van der Waals surface area (Å²) >= 11 is 0. The standard InChI is InChI=1S/C23H25N5O4/c1-16(29)27-13-11-26(12-14-27)10-9-24-15-19-21(30)25-23(32)28(22(19)31)20-8-4-6-17-5-2-3-7-18(17)20/h2-8,15,31H,9-14H2,1H3,(H,25,30,32). The van der Waals surface area contributed by atoms with Gasteiger partial charge in [-0.1, -0.05) is 36.4 Å². The first-order valence-electron chi connectivity index (χ1n) is 10.5. The minimum Gasteiger partial charge on any atom is -0.493 e. The lowest BCUT2D eigenvalue weighted by atomic mass is 10.1. The highest BCUT2D eigenvalue weighted by Gasteiger charge is 2.18. The van der Waals surface area contributed by atoms with Crippen LogP contribution in [0.15, 0.2) is 57.0 Å². The maximum atomic E-state index is 12.5. The van der Waals surface area contributed by atoms with E-state index >= 15 is 0 Å². The summed E-state index contributed by atoms with van der Waals surface area (Å²) in [6, 6.07) is 12.9. The molecule has 1 amide bonds. The van der Waals surface area contributed by atoms with Crippen molar-refractivity contribution in [2.75, 3.05) is 39.3 Å². The molecule has 0 aliphatic carbocycles. The molecule has 1 aliphatic heterocycles. The maximum absolute atomic E-state index is 12.5. The van der Waals surface area contributed by atoms with Crippen LogP contribution in [0.1, 0.15) is 12.5 Å². The van der Waals surface area contributed by atoms with Crippen molar-refractivity contribution in [1.82, 2.24) is 19.4 Å². The Labute approximate surface area is 184 Å². The number of hydrogen-bond donors (Lipinski definition) is 2. The van der Waals surface area contributed by atoms with Crippen LogP contribution >= 0.6 is 0 Å². The van der Waals surface area contributed by atoms with Gasteiger partial charge in [-0.15, -0.1) is 0 Å². The van der Waals surface area contributed by atoms with Crippen molar-refractivity contribution in [2.45, 2.75) is 6.92 Å². The summed E-state index contributed by atoms with van der Waals surface area (Å²) in [6.07, 6.45) is 1.31. The Kier molecular flexibility index (Phi) is 6.18. The molecule has 0 saturated carbocycles. The van der Waals surface area contributed by atoms with Crippen molar-refractivity contribution >= 4 is 22.9 Å². The summed E-state index contributed by atoms with van der Waals surface area (Å²) in [6.45, 7) is 5.59. The second-order valence-corrected chi connectivity index (χ2v) is 7.71. The van der Waals surface area contributed by atoms with Crippen molar-refractivity contribution in [2.24, 2.45) is 4.99 Å². The first-order chi connectivity index (χ1) is 15.5. The van der Waals surface area contributed by atoms with Crippen LogP contribution < -0.4 is 11.2 Å². The molecule has 32 heavy (non-hydrogen) atoms. The molecule has 2 heterocycles. The van der Waals surface area contributed by atoms with E-state index in [0.29, 0.717) is 31.9 Å². The molecule has 0 atom stereocenters. The molecule has 3 aromatic rings. The molecular weight excluding hydrogens is 410 g/mol. The SMILES string of the molecule is CC(=O)N1CCN(CCN=Cc2c(O)n(-c3cccc4ccccc34)c(=O)[nH]c2=O)CC1. The quantitative estimate of drug-likeness (QED) is 0.580. The Balaban J connectivity index is 1.55. The van der Waals surface area contributed by atoms with Crippen molar-refractivity contribution in [1.29, 1.82) is 0 Å². The summed E-state index contributed by atoms with van der Waals surface area (Å²) in [7, 11) is 0. The van der Waals surface area contributed by atoms with Gasteiger partial charge in [-0.25, -0.2) is 9.36 Å². The van der Waals surface area contributed by atoms with Crippen molar-refractivity contribution in [3.8, 4) is 11.6 Å². The van der Waals surface area contributed by atoms with Crippen molar-refractivity contribution < 1.29 is 9.90 Å². The third-order valence-corrected chi connectivity index (χ3v) is 5.71. The Hall–Kier alpha value is -3.72. The van der Waals surface area contributed by atoms with E-state index in [4.69, 9.17) is 0 Å². The van der Waals surface area contributed by atoms with E-state index in [2.05, 4.69) is 14.9 Å². The number of rotatable bonds is 5. The van der Waals surface area contributed by atoms with Gasteiger partial charge in [0.15, 0.2) is 0 Å². The van der Waals surface area contributed by atoms with E-state index in [0.717, 1.165) is 28.4 Å². The monoisotopic (exact) mass is 435 g/mol. The number of nitrogens with zero attached hydrogens (tertiary/aromatic N) is 4. The normalized spacial score (nSPS) is 15.0. The van der Waals surface area contributed by atoms with E-state index in [1.165, 1.54) is 6.21 Å². The van der Waals surface area contributed by atoms with Gasteiger partial charge in [-0.05, 0) is 11.5 Å². The molecule has 4 rings (SSSR count). The van der Waals surface area contributed by atoms with Crippen LogP contribution in [0.25, 0.3) is 16.5 Å². The summed E-state index contributed by atoms with van der Waals surface area (Å²) < 4.78 is 1.09. The molecular formula is C23H25N5O4. The van der Waals surface area contributed by atoms with Crippen LogP contribution in [0, 0.1) is 0 Å². The summed E-state index contributed by atoms with van der Waals surface area (Å²) in [5.41, 5.74) is -1.01. The largest absolute Gasteiger partial charge is 0.493 e. The number of amides is 1. The van der Waals surface area contributed by atoms with E-state index < -0.39 is 17.1 Å². The number of aliphatic imine (C=N–C) groups is 1. The second kappa shape index (κ2) is 9.19. The van der Waals surface area contributed by atoms with Gasteiger partial charge in [0, 0.05) is 51.2 Å². The Morgan fingerprint density at radius 3 is 2.56 bits per heavy atom. The number of carbonyl (C=O) groups is 1. The fourth-order valence-electron chi connectivity index (χ4n) is 3.92. The first kappa shape index (κ1) is 21.5. The molecule has 1 aliphatic rings. The fourth-order valence-corrected chi connectivity index (χ4v) is 3.92. The van der Waals surface area contributed by atoms with E-state index in [9.17, 15) is 19.5 Å². The maximum Gasteiger partial charge on any atom is 0.335 e. The molecule has 1 saturated heterocycles. The highest BCUT2D eigenvalue weighted by Crippen LogP contribution is 2.24. The average molecular weight is 435 g/mol. The van der Waals surface area contributed by atoms with Crippen molar-refractivity contribution in [3.63, 3.8) is 0 Å². The molecule has 0 radical (unpaired) electrons. The summed E-state index contributed by atoms with van der Waals surface area (Å²) in [5.74, 6) is -0.368. The second-order valence-electron chi connectivity index (χ2n) is 7.71. The van der Waals surface area contributed by atoms with Gasteiger partial charge in [-0.2, -0.15) is 0 Å². The Morgan fingerprint density at radius 2 is 1.81 bits per heavy atom. The molecule has 1 aromatic heterocycles. The molecule has 1 fully saturated rings. The lowest BCUT2D eigenvalue weighted by Gasteiger charge is -2.33. The lowest BCUT2D eigenvalue weighted by molar-refractivity contribution is -0.130. The molecule has 9 nitrogen and oxygen atoms in total. The summed E-state index contributed by atoms with van der Waals surface area (Å²) in [5, 5.41) is 12.5. The number of aromatic amines is 1.